The molecule has 1 fully saturated rings. The number of rotatable bonds is 4. The minimum Gasteiger partial charge on any atom is -0.341 e. The number of amides is 1. The summed E-state index contributed by atoms with van der Waals surface area (Å²) in [6, 6.07) is 7.99. The molecule has 0 radical (unpaired) electrons. The van der Waals surface area contributed by atoms with Gasteiger partial charge >= 0.3 is 0 Å². The van der Waals surface area contributed by atoms with E-state index in [1.54, 1.807) is 0 Å². The van der Waals surface area contributed by atoms with E-state index < -0.39 is 0 Å². The van der Waals surface area contributed by atoms with Gasteiger partial charge in [-0.05, 0) is 49.8 Å². The third kappa shape index (κ3) is 4.01. The Kier molecular flexibility index (Phi) is 5.69. The number of aromatic amines is 1. The number of aryl methyl sites for hydroxylation is 2. The molecule has 8 heteroatoms. The van der Waals surface area contributed by atoms with Crippen LogP contribution in [0.5, 0.6) is 0 Å². The highest BCUT2D eigenvalue weighted by Gasteiger charge is 2.26. The Labute approximate surface area is 180 Å². The number of carbonyl (C=O) groups excluding carboxylic acids is 1. The van der Waals surface area contributed by atoms with Crippen LogP contribution in [0.1, 0.15) is 31.5 Å². The largest absolute Gasteiger partial charge is 0.341 e. The molecule has 4 rings (SSSR count). The molecule has 3 aromatic rings. The first-order chi connectivity index (χ1) is 14.3. The zero-order valence-electron chi connectivity index (χ0n) is 17.9. The summed E-state index contributed by atoms with van der Waals surface area (Å²) in [7, 11) is 0. The molecule has 1 amide bonds. The van der Waals surface area contributed by atoms with Crippen LogP contribution in [0.3, 0.4) is 0 Å². The average molecular weight is 425 g/mol. The van der Waals surface area contributed by atoms with Gasteiger partial charge in [-0.25, -0.2) is 4.98 Å². The van der Waals surface area contributed by atoms with Crippen LogP contribution in [0, 0.1) is 31.1 Å². The number of aromatic nitrogens is 4. The Morgan fingerprint density at radius 2 is 2.00 bits per heavy atom. The molecule has 1 aromatic carbocycles. The van der Waals surface area contributed by atoms with Gasteiger partial charge in [0.25, 0.3) is 0 Å². The van der Waals surface area contributed by atoms with E-state index in [0.717, 1.165) is 30.0 Å². The van der Waals surface area contributed by atoms with Crippen LogP contribution < -0.4 is 5.49 Å². The molecule has 0 bridgehead atoms. The molecule has 0 aliphatic carbocycles. The highest BCUT2D eigenvalue weighted by Crippen LogP contribution is 2.25. The van der Waals surface area contributed by atoms with E-state index in [4.69, 9.17) is 10.4 Å². The summed E-state index contributed by atoms with van der Waals surface area (Å²) in [6.45, 7) is 9.96. The van der Waals surface area contributed by atoms with Crippen LogP contribution in [0.4, 0.5) is 0 Å². The van der Waals surface area contributed by atoms with Gasteiger partial charge in [-0.1, -0.05) is 37.7 Å². The number of thioether (sulfide) groups is 1. The third-order valence-corrected chi connectivity index (χ3v) is 6.51. The Hall–Kier alpha value is -2.61. The summed E-state index contributed by atoms with van der Waals surface area (Å²) in [5.41, 5.74) is 3.62. The van der Waals surface area contributed by atoms with E-state index in [-0.39, 0.29) is 5.91 Å². The number of piperidine rings is 1. The van der Waals surface area contributed by atoms with Gasteiger partial charge < -0.3 is 4.90 Å². The fourth-order valence-corrected chi connectivity index (χ4v) is 5.23. The van der Waals surface area contributed by atoms with Gasteiger partial charge in [-0.3, -0.25) is 19.9 Å². The lowest BCUT2D eigenvalue weighted by Crippen LogP contribution is -2.43. The van der Waals surface area contributed by atoms with E-state index >= 15 is 0 Å². The van der Waals surface area contributed by atoms with Crippen molar-refractivity contribution >= 4 is 28.7 Å². The smallest absolute Gasteiger partial charge is 0.233 e. The van der Waals surface area contributed by atoms with Crippen LogP contribution in [0.2, 0.25) is 0 Å². The molecule has 30 heavy (non-hydrogen) atoms. The summed E-state index contributed by atoms with van der Waals surface area (Å²) < 4.78 is 1.82. The Balaban J connectivity index is 1.69. The highest BCUT2D eigenvalue weighted by atomic mass is 32.2. The Morgan fingerprint density at radius 1 is 1.27 bits per heavy atom. The van der Waals surface area contributed by atoms with E-state index in [1.165, 1.54) is 18.2 Å². The van der Waals surface area contributed by atoms with Crippen molar-refractivity contribution in [3.05, 3.63) is 41.0 Å². The molecule has 2 atom stereocenters. The fraction of sp³-hybridized carbons (Fsp3) is 0.455. The summed E-state index contributed by atoms with van der Waals surface area (Å²) in [6.07, 6.45) is 1.17. The summed E-state index contributed by atoms with van der Waals surface area (Å²) >= 11 is 1.38. The third-order valence-electron chi connectivity index (χ3n) is 5.59. The molecule has 1 aliphatic rings. The predicted molar refractivity (Wildman–Crippen MR) is 119 cm³/mol. The molecule has 0 saturated carbocycles. The van der Waals surface area contributed by atoms with E-state index in [0.29, 0.717) is 39.3 Å². The summed E-state index contributed by atoms with van der Waals surface area (Å²) in [5.74, 6) is 1.48. The van der Waals surface area contributed by atoms with Crippen molar-refractivity contribution in [3.8, 4) is 5.69 Å². The predicted octanol–water partition coefficient (Wildman–Crippen LogP) is 3.44. The first-order valence-electron chi connectivity index (χ1n) is 10.3. The maximum Gasteiger partial charge on any atom is 0.233 e. The number of fused-ring (bicyclic) bond motifs is 1. The minimum absolute atomic E-state index is 0.126. The van der Waals surface area contributed by atoms with Crippen LogP contribution in [0.25, 0.3) is 16.7 Å². The quantitative estimate of drug-likeness (QED) is 0.496. The lowest BCUT2D eigenvalue weighted by Gasteiger charge is -2.35. The topological polar surface area (TPSA) is 90.7 Å². The number of hydrogen-bond donors (Lipinski definition) is 2. The molecule has 1 aliphatic heterocycles. The molecule has 2 N–H and O–H groups in total. The van der Waals surface area contributed by atoms with Crippen molar-refractivity contribution < 1.29 is 4.79 Å². The summed E-state index contributed by atoms with van der Waals surface area (Å²) in [4.78, 5) is 19.6. The van der Waals surface area contributed by atoms with Gasteiger partial charge in [0.1, 0.15) is 5.49 Å². The number of H-pyrrole nitrogens is 1. The number of nitrogens with one attached hydrogen (secondary N) is 2. The normalized spacial score (nSPS) is 19.4. The minimum atomic E-state index is 0.126. The zero-order chi connectivity index (χ0) is 21.4. The first kappa shape index (κ1) is 20.7. The van der Waals surface area contributed by atoms with Crippen molar-refractivity contribution in [3.63, 3.8) is 0 Å². The lowest BCUT2D eigenvalue weighted by molar-refractivity contribution is -0.130. The monoisotopic (exact) mass is 424 g/mol. The standard InChI is InChI=1S/C22H28N6OS/c1-13-6-5-7-17(9-13)28-20(23)19-16(4)25-26-21(19)24-22(28)30-12-18(29)27-10-14(2)8-15(3)11-27/h5-7,9,14-15,23H,8,10-12H2,1-4H3,(H,25,26). The van der Waals surface area contributed by atoms with Gasteiger partial charge in [0.15, 0.2) is 10.8 Å². The van der Waals surface area contributed by atoms with Gasteiger partial charge in [0.05, 0.1) is 11.1 Å². The molecule has 7 nitrogen and oxygen atoms in total. The highest BCUT2D eigenvalue weighted by molar-refractivity contribution is 7.99. The average Bonchev–Trinajstić information content (AvgIpc) is 3.06. The number of hydrogen-bond acceptors (Lipinski definition) is 5. The second-order valence-electron chi connectivity index (χ2n) is 8.50. The second kappa shape index (κ2) is 8.26. The van der Waals surface area contributed by atoms with Crippen LogP contribution in [0.15, 0.2) is 29.4 Å². The SMILES string of the molecule is Cc1cccc(-n2c(SCC(=O)N3CC(C)CC(C)C3)nc3n[nH]c(C)c3c2=N)c1. The number of likely N-dealkylation sites (tertiary alicyclic amines) is 1. The number of benzene rings is 1. The Morgan fingerprint density at radius 3 is 2.70 bits per heavy atom. The molecular weight excluding hydrogens is 396 g/mol. The maximum absolute atomic E-state index is 12.9. The van der Waals surface area contributed by atoms with Gasteiger partial charge in [0.2, 0.25) is 5.91 Å². The molecule has 2 aromatic heterocycles. The number of carbonyl (C=O) groups is 1. The van der Waals surface area contributed by atoms with E-state index in [9.17, 15) is 4.79 Å². The molecule has 158 valence electrons. The van der Waals surface area contributed by atoms with E-state index in [1.807, 2.05) is 47.6 Å². The van der Waals surface area contributed by atoms with Crippen molar-refractivity contribution in [1.82, 2.24) is 24.6 Å². The molecule has 2 unspecified atom stereocenters. The molecule has 3 heterocycles. The second-order valence-corrected chi connectivity index (χ2v) is 9.44. The Bertz CT molecular complexity index is 1140. The van der Waals surface area contributed by atoms with Gasteiger partial charge in [0, 0.05) is 24.5 Å². The molecular formula is C22H28N6OS. The summed E-state index contributed by atoms with van der Waals surface area (Å²) in [5, 5.41) is 17.3. The van der Waals surface area contributed by atoms with Crippen molar-refractivity contribution in [2.45, 2.75) is 39.3 Å². The van der Waals surface area contributed by atoms with Crippen LogP contribution in [-0.2, 0) is 4.79 Å². The van der Waals surface area contributed by atoms with Crippen LogP contribution >= 0.6 is 11.8 Å². The fourth-order valence-electron chi connectivity index (χ4n) is 4.32. The first-order valence-corrected chi connectivity index (χ1v) is 11.3. The number of nitrogens with zero attached hydrogens (tertiary/aromatic N) is 4. The van der Waals surface area contributed by atoms with E-state index in [2.05, 4.69) is 24.0 Å². The molecule has 1 saturated heterocycles. The zero-order valence-corrected chi connectivity index (χ0v) is 18.7. The van der Waals surface area contributed by atoms with Crippen LogP contribution in [-0.4, -0.2) is 49.4 Å². The molecule has 0 spiro atoms. The van der Waals surface area contributed by atoms with Gasteiger partial charge in [-0.15, -0.1) is 0 Å². The van der Waals surface area contributed by atoms with Crippen molar-refractivity contribution in [1.29, 1.82) is 5.41 Å². The van der Waals surface area contributed by atoms with Gasteiger partial charge in [-0.2, -0.15) is 5.10 Å². The maximum atomic E-state index is 12.9. The lowest BCUT2D eigenvalue weighted by atomic mass is 9.92. The van der Waals surface area contributed by atoms with Crippen molar-refractivity contribution in [2.24, 2.45) is 11.8 Å². The van der Waals surface area contributed by atoms with Crippen molar-refractivity contribution in [2.75, 3.05) is 18.8 Å².